The third-order valence-electron chi connectivity index (χ3n) is 0.0636. The van der Waals surface area contributed by atoms with Crippen molar-refractivity contribution in [1.29, 1.82) is 0 Å². The second-order valence-corrected chi connectivity index (χ2v) is 0.908. The van der Waals surface area contributed by atoms with Crippen molar-refractivity contribution >= 4 is 7.32 Å². The summed E-state index contributed by atoms with van der Waals surface area (Å²) in [4.78, 5) is 0. The van der Waals surface area contributed by atoms with E-state index in [4.69, 9.17) is 10.0 Å². The molecule has 0 unspecified atom stereocenters. The van der Waals surface area contributed by atoms with Gasteiger partial charge in [-0.1, -0.05) is 0 Å². The zero-order valence-corrected chi connectivity index (χ0v) is 4.35. The van der Waals surface area contributed by atoms with E-state index in [0.717, 1.165) is 0 Å². The Morgan fingerprint density at radius 1 is 1.60 bits per heavy atom. The summed E-state index contributed by atoms with van der Waals surface area (Å²) in [6.07, 6.45) is 0. The summed E-state index contributed by atoms with van der Waals surface area (Å²) in [5, 5.41) is 15.4. The molecule has 5 heteroatoms. The Balaban J connectivity index is 2.54. The van der Waals surface area contributed by atoms with Gasteiger partial charge >= 0.3 is 42.0 Å². The van der Waals surface area contributed by atoms with Gasteiger partial charge in [0.05, 0.1) is 0 Å². The molecule has 0 amide bonds. The third kappa shape index (κ3) is 4.69. The molecular weight excluding hydrogens is 256 g/mol. The zero-order valence-electron chi connectivity index (χ0n) is 2.18. The fraction of sp³-hybridized carbons (Fsp3) is 0. The van der Waals surface area contributed by atoms with Crippen LogP contribution in [-0.4, -0.2) is 17.4 Å². The molecule has 0 aromatic heterocycles. The molecule has 0 aromatic rings. The molecule has 0 fully saturated rings. The monoisotopic (exact) mass is 258 g/mol. The van der Waals surface area contributed by atoms with Gasteiger partial charge in [-0.05, 0) is 0 Å². The van der Waals surface area contributed by atoms with Crippen LogP contribution in [0.15, 0.2) is 0 Å². The fourth-order valence-electron chi connectivity index (χ4n) is 0. The Hall–Kier alpha value is 0.685. The average Bonchev–Trinajstić information content (AvgIpc) is 1.38. The molecular formula is H2AuBO3. The van der Waals surface area contributed by atoms with Crippen LogP contribution >= 0.6 is 0 Å². The third-order valence-corrected chi connectivity index (χ3v) is 0.520. The van der Waals surface area contributed by atoms with Crippen LogP contribution in [-0.2, 0) is 24.6 Å². The van der Waals surface area contributed by atoms with Gasteiger partial charge in [0.25, 0.3) is 0 Å². The predicted octanol–water partition coefficient (Wildman–Crippen LogP) is -1.57. The van der Waals surface area contributed by atoms with Crippen LogP contribution in [0.3, 0.4) is 0 Å². The summed E-state index contributed by atoms with van der Waals surface area (Å²) < 4.78 is 3.81. The molecule has 0 aliphatic heterocycles. The molecule has 0 rings (SSSR count). The van der Waals surface area contributed by atoms with Crippen molar-refractivity contribution in [2.45, 2.75) is 0 Å². The molecule has 0 heterocycles. The van der Waals surface area contributed by atoms with Crippen molar-refractivity contribution in [2.24, 2.45) is 0 Å². The predicted molar refractivity (Wildman–Crippen MR) is 11.3 cm³/mol. The van der Waals surface area contributed by atoms with Crippen LogP contribution in [0.2, 0.25) is 0 Å². The molecule has 3 nitrogen and oxygen atoms in total. The van der Waals surface area contributed by atoms with Crippen molar-refractivity contribution in [1.82, 2.24) is 0 Å². The van der Waals surface area contributed by atoms with Crippen molar-refractivity contribution in [3.05, 3.63) is 0 Å². The molecule has 0 aliphatic rings. The van der Waals surface area contributed by atoms with Crippen molar-refractivity contribution in [3.63, 3.8) is 0 Å². The first-order valence-electron chi connectivity index (χ1n) is 0.875. The number of hydrogen-bond donors (Lipinski definition) is 2. The van der Waals surface area contributed by atoms with Gasteiger partial charge in [0.2, 0.25) is 0 Å². The van der Waals surface area contributed by atoms with Gasteiger partial charge in [0.1, 0.15) is 0 Å². The van der Waals surface area contributed by atoms with Crippen LogP contribution < -0.4 is 0 Å². The topological polar surface area (TPSA) is 49.7 Å². The van der Waals surface area contributed by atoms with E-state index in [1.165, 1.54) is 21.5 Å². The fourth-order valence-corrected chi connectivity index (χ4v) is 0. The van der Waals surface area contributed by atoms with E-state index in [9.17, 15) is 0 Å². The van der Waals surface area contributed by atoms with Gasteiger partial charge in [-0.15, -0.1) is 0 Å². The summed E-state index contributed by atoms with van der Waals surface area (Å²) in [6, 6.07) is 0. The van der Waals surface area contributed by atoms with Crippen molar-refractivity contribution in [2.75, 3.05) is 0 Å². The van der Waals surface area contributed by atoms with E-state index in [0.29, 0.717) is 0 Å². The molecule has 34 valence electrons. The molecule has 0 radical (unpaired) electrons. The first-order valence-corrected chi connectivity index (χ1v) is 1.76. The van der Waals surface area contributed by atoms with Crippen LogP contribution in [0.4, 0.5) is 0 Å². The minimum absolute atomic E-state index is 1.53. The standard InChI is InChI=1S/Au.BH2O3/c;2-1(3)4/h;2-3H/q+1;-1. The summed E-state index contributed by atoms with van der Waals surface area (Å²) in [5.74, 6) is 0. The van der Waals surface area contributed by atoms with E-state index in [1.807, 2.05) is 0 Å². The van der Waals surface area contributed by atoms with Crippen molar-refractivity contribution in [3.8, 4) is 0 Å². The second kappa shape index (κ2) is 2.90. The summed E-state index contributed by atoms with van der Waals surface area (Å²) in [7, 11) is -1.64. The molecule has 0 spiro atoms. The summed E-state index contributed by atoms with van der Waals surface area (Å²) >= 11 is 1.53. The first-order chi connectivity index (χ1) is 2.27. The molecule has 0 aliphatic carbocycles. The van der Waals surface area contributed by atoms with Gasteiger partial charge in [-0.2, -0.15) is 0 Å². The molecule has 2 N–H and O–H groups in total. The van der Waals surface area contributed by atoms with Crippen LogP contribution in [0.25, 0.3) is 0 Å². The molecule has 0 saturated heterocycles. The molecule has 0 aromatic carbocycles. The summed E-state index contributed by atoms with van der Waals surface area (Å²) in [5.41, 5.74) is 0. The van der Waals surface area contributed by atoms with Gasteiger partial charge in [0, 0.05) is 0 Å². The second-order valence-electron chi connectivity index (χ2n) is 0.397. The van der Waals surface area contributed by atoms with Crippen LogP contribution in [0.1, 0.15) is 0 Å². The SMILES string of the molecule is OB(O)[O][Au]. The summed E-state index contributed by atoms with van der Waals surface area (Å²) in [6.45, 7) is 0. The Labute approximate surface area is 42.5 Å². The molecule has 0 saturated carbocycles. The molecule has 5 heavy (non-hydrogen) atoms. The van der Waals surface area contributed by atoms with Crippen LogP contribution in [0, 0.1) is 0 Å². The van der Waals surface area contributed by atoms with Gasteiger partial charge in [-0.3, -0.25) is 0 Å². The van der Waals surface area contributed by atoms with Gasteiger partial charge in [0.15, 0.2) is 0 Å². The normalized spacial score (nSPS) is 8.00. The Morgan fingerprint density at radius 3 is 1.80 bits per heavy atom. The Bertz CT molecular complexity index is 20.9. The maximum atomic E-state index is 7.68. The number of hydrogen-bond acceptors (Lipinski definition) is 3. The van der Waals surface area contributed by atoms with Crippen molar-refractivity contribution < 1.29 is 34.7 Å². The Kier molecular flexibility index (Phi) is 3.30. The number of rotatable bonds is 1. The van der Waals surface area contributed by atoms with E-state index in [-0.39, 0.29) is 0 Å². The van der Waals surface area contributed by atoms with Gasteiger partial charge in [-0.25, -0.2) is 0 Å². The van der Waals surface area contributed by atoms with Gasteiger partial charge < -0.3 is 0 Å². The molecule has 0 bridgehead atoms. The zero-order chi connectivity index (χ0) is 4.28. The quantitative estimate of drug-likeness (QED) is 0.559. The van der Waals surface area contributed by atoms with E-state index in [2.05, 4.69) is 3.16 Å². The van der Waals surface area contributed by atoms with E-state index < -0.39 is 7.32 Å². The Morgan fingerprint density at radius 2 is 1.80 bits per heavy atom. The molecule has 0 atom stereocenters. The maximum absolute atomic E-state index is 7.68. The van der Waals surface area contributed by atoms with E-state index >= 15 is 0 Å². The minimum atomic E-state index is -1.64. The first kappa shape index (κ1) is 5.69. The average molecular weight is 258 g/mol. The van der Waals surface area contributed by atoms with E-state index in [1.54, 1.807) is 0 Å². The van der Waals surface area contributed by atoms with Crippen LogP contribution in [0.5, 0.6) is 0 Å².